The highest BCUT2D eigenvalue weighted by molar-refractivity contribution is 14.1. The van der Waals surface area contributed by atoms with Gasteiger partial charge in [0.05, 0.1) is 7.11 Å². The lowest BCUT2D eigenvalue weighted by Crippen LogP contribution is -2.13. The molecule has 1 heterocycles. The summed E-state index contributed by atoms with van der Waals surface area (Å²) in [6.07, 6.45) is 0.661. The fraction of sp³-hybridized carbons (Fsp3) is 0.211. The van der Waals surface area contributed by atoms with Crippen molar-refractivity contribution in [1.29, 1.82) is 0 Å². The Kier molecular flexibility index (Phi) is 5.87. The van der Waals surface area contributed by atoms with Crippen molar-refractivity contribution in [3.63, 3.8) is 0 Å². The molecular weight excluding hydrogens is 445 g/mol. The Morgan fingerprint density at radius 1 is 1.23 bits per heavy atom. The number of benzene rings is 2. The Labute approximate surface area is 165 Å². The molecular formula is C19H18IN3O3. The van der Waals surface area contributed by atoms with Crippen molar-refractivity contribution in [2.24, 2.45) is 0 Å². The number of carbonyl (C=O) groups is 1. The summed E-state index contributed by atoms with van der Waals surface area (Å²) < 4.78 is 11.5. The average molecular weight is 463 g/mol. The minimum Gasteiger partial charge on any atom is -0.497 e. The molecule has 2 aromatic carbocycles. The van der Waals surface area contributed by atoms with Crippen LogP contribution in [0.25, 0.3) is 11.4 Å². The summed E-state index contributed by atoms with van der Waals surface area (Å²) in [5, 5.41) is 6.88. The molecule has 0 fully saturated rings. The Hall–Kier alpha value is -2.42. The molecule has 0 aliphatic carbocycles. The molecule has 1 N–H and O–H groups in total. The Morgan fingerprint density at radius 2 is 2.00 bits per heavy atom. The maximum absolute atomic E-state index is 12.2. The number of hydrogen-bond acceptors (Lipinski definition) is 5. The molecule has 26 heavy (non-hydrogen) atoms. The Balaban J connectivity index is 1.58. The second kappa shape index (κ2) is 8.31. The topological polar surface area (TPSA) is 77.2 Å². The molecule has 0 aliphatic rings. The average Bonchev–Trinajstić information content (AvgIpc) is 3.11. The van der Waals surface area contributed by atoms with E-state index in [9.17, 15) is 4.79 Å². The van der Waals surface area contributed by atoms with E-state index in [1.54, 1.807) is 7.11 Å². The third-order valence-corrected chi connectivity index (χ3v) is 4.52. The van der Waals surface area contributed by atoms with Gasteiger partial charge in [-0.1, -0.05) is 5.16 Å². The van der Waals surface area contributed by atoms with Gasteiger partial charge in [-0.15, -0.1) is 0 Å². The molecule has 0 spiro atoms. The van der Waals surface area contributed by atoms with E-state index in [-0.39, 0.29) is 12.3 Å². The standard InChI is InChI=1S/C19H18IN3O3/c1-12-11-14(20)5-8-16(12)21-17(24)9-10-18-22-19(23-26-18)13-3-6-15(25-2)7-4-13/h3-8,11H,9-10H2,1-2H3,(H,21,24). The van der Waals surface area contributed by atoms with E-state index in [1.165, 1.54) is 0 Å². The highest BCUT2D eigenvalue weighted by Crippen LogP contribution is 2.21. The van der Waals surface area contributed by atoms with Gasteiger partial charge in [0, 0.05) is 27.7 Å². The smallest absolute Gasteiger partial charge is 0.227 e. The van der Waals surface area contributed by atoms with Crippen LogP contribution in [0.15, 0.2) is 47.0 Å². The molecule has 0 radical (unpaired) electrons. The molecule has 3 aromatic rings. The molecule has 0 bridgehead atoms. The number of hydrogen-bond donors (Lipinski definition) is 1. The largest absolute Gasteiger partial charge is 0.497 e. The van der Waals surface area contributed by atoms with Crippen LogP contribution >= 0.6 is 22.6 Å². The molecule has 0 atom stereocenters. The first-order valence-electron chi connectivity index (χ1n) is 8.08. The van der Waals surface area contributed by atoms with Crippen LogP contribution in [-0.4, -0.2) is 23.2 Å². The fourth-order valence-electron chi connectivity index (χ4n) is 2.41. The second-order valence-electron chi connectivity index (χ2n) is 5.75. The van der Waals surface area contributed by atoms with Crippen LogP contribution in [0.5, 0.6) is 5.75 Å². The summed E-state index contributed by atoms with van der Waals surface area (Å²) in [6, 6.07) is 13.3. The molecule has 1 aromatic heterocycles. The minimum absolute atomic E-state index is 0.0847. The first-order chi connectivity index (χ1) is 12.5. The van der Waals surface area contributed by atoms with Crippen molar-refractivity contribution in [2.75, 3.05) is 12.4 Å². The molecule has 0 unspecified atom stereocenters. The minimum atomic E-state index is -0.0847. The lowest BCUT2D eigenvalue weighted by molar-refractivity contribution is -0.116. The van der Waals surface area contributed by atoms with Gasteiger partial charge in [0.2, 0.25) is 17.6 Å². The van der Waals surface area contributed by atoms with Crippen LogP contribution in [0.1, 0.15) is 17.9 Å². The van der Waals surface area contributed by atoms with Crippen molar-refractivity contribution in [3.8, 4) is 17.1 Å². The summed E-state index contributed by atoms with van der Waals surface area (Å²) in [5.74, 6) is 1.61. The summed E-state index contributed by atoms with van der Waals surface area (Å²) >= 11 is 2.24. The number of methoxy groups -OCH3 is 1. The quantitative estimate of drug-likeness (QED) is 0.554. The predicted molar refractivity (Wildman–Crippen MR) is 107 cm³/mol. The van der Waals surface area contributed by atoms with Crippen molar-refractivity contribution < 1.29 is 14.1 Å². The van der Waals surface area contributed by atoms with E-state index in [4.69, 9.17) is 9.26 Å². The van der Waals surface area contributed by atoms with Crippen molar-refractivity contribution >= 4 is 34.2 Å². The van der Waals surface area contributed by atoms with Crippen LogP contribution < -0.4 is 10.1 Å². The summed E-state index contributed by atoms with van der Waals surface area (Å²) in [4.78, 5) is 16.5. The Bertz CT molecular complexity index is 907. The monoisotopic (exact) mass is 463 g/mol. The Morgan fingerprint density at radius 3 is 2.69 bits per heavy atom. The third-order valence-electron chi connectivity index (χ3n) is 3.84. The number of halogens is 1. The maximum atomic E-state index is 12.2. The number of ether oxygens (including phenoxy) is 1. The van der Waals surface area contributed by atoms with E-state index in [0.29, 0.717) is 18.1 Å². The van der Waals surface area contributed by atoms with E-state index < -0.39 is 0 Å². The van der Waals surface area contributed by atoms with Gasteiger partial charge >= 0.3 is 0 Å². The first kappa shape index (κ1) is 18.4. The zero-order chi connectivity index (χ0) is 18.5. The van der Waals surface area contributed by atoms with Crippen LogP contribution in [0.3, 0.4) is 0 Å². The zero-order valence-electron chi connectivity index (χ0n) is 14.5. The second-order valence-corrected chi connectivity index (χ2v) is 6.99. The molecule has 134 valence electrons. The number of nitrogens with zero attached hydrogens (tertiary/aromatic N) is 2. The van der Waals surface area contributed by atoms with Crippen molar-refractivity contribution in [1.82, 2.24) is 10.1 Å². The van der Waals surface area contributed by atoms with Crippen molar-refractivity contribution in [2.45, 2.75) is 19.8 Å². The third kappa shape index (κ3) is 4.60. The molecule has 3 rings (SSSR count). The molecule has 7 heteroatoms. The van der Waals surface area contributed by atoms with E-state index in [1.807, 2.05) is 49.4 Å². The van der Waals surface area contributed by atoms with E-state index in [0.717, 1.165) is 26.1 Å². The number of aromatic nitrogens is 2. The normalized spacial score (nSPS) is 10.6. The van der Waals surface area contributed by atoms with Gasteiger partial charge in [-0.2, -0.15) is 4.98 Å². The number of aryl methyl sites for hydroxylation is 2. The maximum Gasteiger partial charge on any atom is 0.227 e. The summed E-state index contributed by atoms with van der Waals surface area (Å²) in [6.45, 7) is 1.97. The predicted octanol–water partition coefficient (Wildman–Crippen LogP) is 4.23. The van der Waals surface area contributed by atoms with Gasteiger partial charge in [0.1, 0.15) is 5.75 Å². The lowest BCUT2D eigenvalue weighted by Gasteiger charge is -2.08. The number of rotatable bonds is 6. The SMILES string of the molecule is COc1ccc(-c2noc(CCC(=O)Nc3ccc(I)cc3C)n2)cc1. The molecule has 0 saturated carbocycles. The summed E-state index contributed by atoms with van der Waals surface area (Å²) in [5.41, 5.74) is 2.68. The number of amides is 1. The highest BCUT2D eigenvalue weighted by Gasteiger charge is 2.11. The lowest BCUT2D eigenvalue weighted by atomic mass is 10.2. The van der Waals surface area contributed by atoms with Gasteiger partial charge < -0.3 is 14.6 Å². The van der Waals surface area contributed by atoms with Gasteiger partial charge in [0.25, 0.3) is 0 Å². The summed E-state index contributed by atoms with van der Waals surface area (Å²) in [7, 11) is 1.62. The fourth-order valence-corrected chi connectivity index (χ4v) is 3.06. The molecule has 6 nitrogen and oxygen atoms in total. The number of anilines is 1. The van der Waals surface area contributed by atoms with Crippen LogP contribution in [0.4, 0.5) is 5.69 Å². The van der Waals surface area contributed by atoms with Crippen LogP contribution in [0.2, 0.25) is 0 Å². The van der Waals surface area contributed by atoms with Crippen molar-refractivity contribution in [3.05, 3.63) is 57.5 Å². The number of carbonyl (C=O) groups excluding carboxylic acids is 1. The van der Waals surface area contributed by atoms with Crippen LogP contribution in [0, 0.1) is 10.5 Å². The number of nitrogens with one attached hydrogen (secondary N) is 1. The van der Waals surface area contributed by atoms with Gasteiger partial charge in [-0.3, -0.25) is 4.79 Å². The molecule has 1 amide bonds. The zero-order valence-corrected chi connectivity index (χ0v) is 16.6. The van der Waals surface area contributed by atoms with Gasteiger partial charge in [0.15, 0.2) is 0 Å². The van der Waals surface area contributed by atoms with Gasteiger partial charge in [-0.05, 0) is 77.5 Å². The van der Waals surface area contributed by atoms with E-state index >= 15 is 0 Å². The van der Waals surface area contributed by atoms with E-state index in [2.05, 4.69) is 38.0 Å². The molecule has 0 aliphatic heterocycles. The highest BCUT2D eigenvalue weighted by atomic mass is 127. The first-order valence-corrected chi connectivity index (χ1v) is 9.16. The van der Waals surface area contributed by atoms with Crippen LogP contribution in [-0.2, 0) is 11.2 Å². The molecule has 0 saturated heterocycles. The van der Waals surface area contributed by atoms with Gasteiger partial charge in [-0.25, -0.2) is 0 Å².